The number of hydrogen-bond acceptors (Lipinski definition) is 7. The molecule has 1 heterocycles. The largest absolute Gasteiger partial charge is 0.493 e. The van der Waals surface area contributed by atoms with Crippen molar-refractivity contribution >= 4 is 51.9 Å². The smallest absolute Gasteiger partial charge is 0.280 e. The molecule has 10 heteroatoms. The van der Waals surface area contributed by atoms with Crippen molar-refractivity contribution in [2.24, 2.45) is 4.99 Å². The van der Waals surface area contributed by atoms with Crippen molar-refractivity contribution < 1.29 is 19.2 Å². The van der Waals surface area contributed by atoms with Crippen molar-refractivity contribution in [3.05, 3.63) is 61.5 Å². The first-order chi connectivity index (χ1) is 13.8. The van der Waals surface area contributed by atoms with Gasteiger partial charge in [-0.2, -0.15) is 0 Å². The van der Waals surface area contributed by atoms with Crippen molar-refractivity contribution in [3.8, 4) is 11.5 Å². The lowest BCUT2D eigenvalue weighted by atomic mass is 10.1. The zero-order valence-electron chi connectivity index (χ0n) is 15.7. The summed E-state index contributed by atoms with van der Waals surface area (Å²) in [4.78, 5) is 28.0. The summed E-state index contributed by atoms with van der Waals surface area (Å²) in [6, 6.07) is 8.01. The number of nitro benzene ring substituents is 1. The molecule has 0 saturated carbocycles. The SMILES string of the molecule is COc1cc(/C=C2/SC(=Nc3cccc(Cl)c3C)NC2=O)c([N+](=O)[O-])cc1OC. The van der Waals surface area contributed by atoms with Gasteiger partial charge < -0.3 is 14.8 Å². The maximum absolute atomic E-state index is 12.4. The van der Waals surface area contributed by atoms with Crippen molar-refractivity contribution in [3.63, 3.8) is 0 Å². The van der Waals surface area contributed by atoms with Crippen LogP contribution >= 0.6 is 23.4 Å². The lowest BCUT2D eigenvalue weighted by molar-refractivity contribution is -0.385. The highest BCUT2D eigenvalue weighted by molar-refractivity contribution is 8.18. The Kier molecular flexibility index (Phi) is 6.09. The molecule has 1 fully saturated rings. The molecule has 3 rings (SSSR count). The van der Waals surface area contributed by atoms with Crippen LogP contribution in [-0.4, -0.2) is 30.2 Å². The van der Waals surface area contributed by atoms with Crippen LogP contribution < -0.4 is 14.8 Å². The first kappa shape index (κ1) is 20.7. The van der Waals surface area contributed by atoms with Crippen LogP contribution in [0.25, 0.3) is 6.08 Å². The number of carbonyl (C=O) groups excluding carboxylic acids is 1. The molecule has 1 aliphatic rings. The summed E-state index contributed by atoms with van der Waals surface area (Å²) in [6.07, 6.45) is 1.42. The van der Waals surface area contributed by atoms with Crippen LogP contribution in [0.1, 0.15) is 11.1 Å². The Hall–Kier alpha value is -3.04. The monoisotopic (exact) mass is 433 g/mol. The van der Waals surface area contributed by atoms with Gasteiger partial charge in [0.05, 0.1) is 41.4 Å². The fourth-order valence-electron chi connectivity index (χ4n) is 2.61. The molecule has 150 valence electrons. The molecule has 1 N–H and O–H groups in total. The molecular formula is C19H16ClN3O5S. The van der Waals surface area contributed by atoms with Gasteiger partial charge in [-0.25, -0.2) is 4.99 Å². The van der Waals surface area contributed by atoms with Gasteiger partial charge in [-0.15, -0.1) is 0 Å². The second-order valence-corrected chi connectivity index (χ2v) is 7.33. The fourth-order valence-corrected chi connectivity index (χ4v) is 3.60. The minimum Gasteiger partial charge on any atom is -0.493 e. The molecule has 0 aliphatic carbocycles. The summed E-state index contributed by atoms with van der Waals surface area (Å²) in [5.41, 5.74) is 1.41. The van der Waals surface area contributed by atoms with Crippen molar-refractivity contribution in [1.82, 2.24) is 5.32 Å². The summed E-state index contributed by atoms with van der Waals surface area (Å²) in [5.74, 6) is 0.137. The molecule has 0 spiro atoms. The predicted octanol–water partition coefficient (Wildman–Crippen LogP) is 4.47. The Morgan fingerprint density at radius 3 is 2.59 bits per heavy atom. The number of nitrogens with one attached hydrogen (secondary N) is 1. The minimum absolute atomic E-state index is 0.209. The highest BCUT2D eigenvalue weighted by Crippen LogP contribution is 2.37. The van der Waals surface area contributed by atoms with Crippen molar-refractivity contribution in [1.29, 1.82) is 0 Å². The quantitative estimate of drug-likeness (QED) is 0.424. The molecule has 0 aromatic heterocycles. The molecule has 0 bridgehead atoms. The number of ether oxygens (including phenoxy) is 2. The minimum atomic E-state index is -0.545. The number of hydrogen-bond donors (Lipinski definition) is 1. The molecule has 2 aromatic carbocycles. The number of thioether (sulfide) groups is 1. The molecule has 0 atom stereocenters. The van der Waals surface area contributed by atoms with Gasteiger partial charge in [0, 0.05) is 5.02 Å². The molecule has 29 heavy (non-hydrogen) atoms. The average Bonchev–Trinajstić information content (AvgIpc) is 3.03. The number of amides is 1. The lowest BCUT2D eigenvalue weighted by Gasteiger charge is -2.08. The van der Waals surface area contributed by atoms with E-state index >= 15 is 0 Å². The first-order valence-electron chi connectivity index (χ1n) is 8.29. The third-order valence-corrected chi connectivity index (χ3v) is 5.45. The number of nitrogens with zero attached hydrogens (tertiary/aromatic N) is 2. The number of benzene rings is 2. The molecule has 1 aliphatic heterocycles. The zero-order chi connectivity index (χ0) is 21.1. The van der Waals surface area contributed by atoms with Gasteiger partial charge in [0.25, 0.3) is 11.6 Å². The molecule has 0 radical (unpaired) electrons. The summed E-state index contributed by atoms with van der Waals surface area (Å²) in [6.45, 7) is 1.83. The van der Waals surface area contributed by atoms with Crippen LogP contribution in [0.5, 0.6) is 11.5 Å². The van der Waals surface area contributed by atoms with Crippen LogP contribution in [0.4, 0.5) is 11.4 Å². The average molecular weight is 434 g/mol. The van der Waals surface area contributed by atoms with Gasteiger partial charge in [-0.3, -0.25) is 14.9 Å². The van der Waals surface area contributed by atoms with E-state index in [2.05, 4.69) is 10.3 Å². The third kappa shape index (κ3) is 4.36. The lowest BCUT2D eigenvalue weighted by Crippen LogP contribution is -2.19. The number of amidine groups is 1. The molecule has 8 nitrogen and oxygen atoms in total. The van der Waals surface area contributed by atoms with E-state index in [1.165, 1.54) is 32.4 Å². The first-order valence-corrected chi connectivity index (χ1v) is 9.48. The Morgan fingerprint density at radius 1 is 1.24 bits per heavy atom. The van der Waals surface area contributed by atoms with E-state index in [4.69, 9.17) is 21.1 Å². The van der Waals surface area contributed by atoms with Crippen LogP contribution in [0.2, 0.25) is 5.02 Å². The Labute approximate surface area is 175 Å². The van der Waals surface area contributed by atoms with Crippen LogP contribution in [-0.2, 0) is 4.79 Å². The van der Waals surface area contributed by atoms with E-state index in [1.54, 1.807) is 18.2 Å². The number of aliphatic imine (C=N–C) groups is 1. The van der Waals surface area contributed by atoms with E-state index in [-0.39, 0.29) is 21.9 Å². The Balaban J connectivity index is 1.99. The van der Waals surface area contributed by atoms with Gasteiger partial charge in [-0.1, -0.05) is 17.7 Å². The molecular weight excluding hydrogens is 418 g/mol. The predicted molar refractivity (Wildman–Crippen MR) is 113 cm³/mol. The van der Waals surface area contributed by atoms with Gasteiger partial charge in [0.15, 0.2) is 16.7 Å². The molecule has 1 saturated heterocycles. The summed E-state index contributed by atoms with van der Waals surface area (Å²) >= 11 is 7.18. The number of methoxy groups -OCH3 is 2. The summed E-state index contributed by atoms with van der Waals surface area (Å²) in [5, 5.41) is 15.0. The second-order valence-electron chi connectivity index (χ2n) is 5.89. The highest BCUT2D eigenvalue weighted by Gasteiger charge is 2.26. The number of carbonyl (C=O) groups is 1. The normalized spacial score (nSPS) is 16.2. The van der Waals surface area contributed by atoms with E-state index in [0.29, 0.717) is 21.6 Å². The Bertz CT molecular complexity index is 1070. The molecule has 2 aromatic rings. The highest BCUT2D eigenvalue weighted by atomic mass is 35.5. The number of halogens is 1. The van der Waals surface area contributed by atoms with E-state index in [1.807, 2.05) is 6.92 Å². The Morgan fingerprint density at radius 2 is 1.93 bits per heavy atom. The third-order valence-electron chi connectivity index (χ3n) is 4.13. The fraction of sp³-hybridized carbons (Fsp3) is 0.158. The second kappa shape index (κ2) is 8.54. The van der Waals surface area contributed by atoms with Crippen molar-refractivity contribution in [2.75, 3.05) is 14.2 Å². The maximum Gasteiger partial charge on any atom is 0.280 e. The van der Waals surface area contributed by atoms with Crippen LogP contribution in [0.15, 0.2) is 40.2 Å². The summed E-state index contributed by atoms with van der Waals surface area (Å²) < 4.78 is 10.3. The van der Waals surface area contributed by atoms with Crippen molar-refractivity contribution in [2.45, 2.75) is 6.92 Å². The van der Waals surface area contributed by atoms with Crippen LogP contribution in [0, 0.1) is 17.0 Å². The standard InChI is InChI=1S/C19H16ClN3O5S/c1-10-12(20)5-4-6-13(10)21-19-22-18(24)17(29-19)8-11-7-15(27-2)16(28-3)9-14(11)23(25)26/h4-9H,1-3H3,(H,21,22,24)/b17-8+. The number of nitro groups is 1. The van der Waals surface area contributed by atoms with E-state index in [0.717, 1.165) is 17.3 Å². The topological polar surface area (TPSA) is 103 Å². The maximum atomic E-state index is 12.4. The summed E-state index contributed by atoms with van der Waals surface area (Å²) in [7, 11) is 2.82. The van der Waals surface area contributed by atoms with Crippen LogP contribution in [0.3, 0.4) is 0 Å². The number of rotatable bonds is 5. The molecule has 0 unspecified atom stereocenters. The van der Waals surface area contributed by atoms with E-state index in [9.17, 15) is 14.9 Å². The zero-order valence-corrected chi connectivity index (χ0v) is 17.3. The molecule has 1 amide bonds. The van der Waals surface area contributed by atoms with E-state index < -0.39 is 10.8 Å². The van der Waals surface area contributed by atoms with Gasteiger partial charge in [-0.05, 0) is 48.5 Å². The van der Waals surface area contributed by atoms with Gasteiger partial charge >= 0.3 is 0 Å². The van der Waals surface area contributed by atoms with Gasteiger partial charge in [0.1, 0.15) is 0 Å². The van der Waals surface area contributed by atoms with Gasteiger partial charge in [0.2, 0.25) is 0 Å².